The molecular weight excluding hydrogens is 424 g/mol. The summed E-state index contributed by atoms with van der Waals surface area (Å²) in [5.41, 5.74) is 3.40. The van der Waals surface area contributed by atoms with Gasteiger partial charge in [-0.3, -0.25) is 14.9 Å². The molecule has 0 aliphatic carbocycles. The van der Waals surface area contributed by atoms with Crippen LogP contribution in [0.1, 0.15) is 31.9 Å². The van der Waals surface area contributed by atoms with Crippen molar-refractivity contribution in [3.63, 3.8) is 0 Å². The first-order chi connectivity index (χ1) is 15.2. The molecule has 2 aliphatic rings. The molecule has 2 heterocycles. The molecule has 0 spiro atoms. The van der Waals surface area contributed by atoms with E-state index in [1.165, 1.54) is 29.5 Å². The van der Waals surface area contributed by atoms with Crippen molar-refractivity contribution in [3.8, 4) is 0 Å². The topological polar surface area (TPSA) is 79.1 Å². The fourth-order valence-electron chi connectivity index (χ4n) is 3.71. The van der Waals surface area contributed by atoms with E-state index < -0.39 is 4.92 Å². The first-order valence-electron chi connectivity index (χ1n) is 10.6. The van der Waals surface area contributed by atoms with Gasteiger partial charge >= 0.3 is 0 Å². The zero-order valence-corrected chi connectivity index (χ0v) is 19.3. The minimum absolute atomic E-state index is 0.0926. The molecule has 4 rings (SSSR count). The van der Waals surface area contributed by atoms with Crippen molar-refractivity contribution >= 4 is 40.3 Å². The number of benzene rings is 2. The second-order valence-electron chi connectivity index (χ2n) is 8.93. The van der Waals surface area contributed by atoms with Crippen molar-refractivity contribution in [2.24, 2.45) is 4.99 Å². The number of hydrogen-bond acceptors (Lipinski definition) is 6. The number of nitro benzene ring substituents is 1. The molecule has 0 radical (unpaired) electrons. The monoisotopic (exact) mass is 450 g/mol. The van der Waals surface area contributed by atoms with E-state index in [1.807, 2.05) is 18.2 Å². The average Bonchev–Trinajstić information content (AvgIpc) is 3.14. The normalized spacial score (nSPS) is 18.3. The van der Waals surface area contributed by atoms with Crippen LogP contribution in [-0.2, 0) is 10.2 Å². The van der Waals surface area contributed by atoms with Crippen LogP contribution in [0.15, 0.2) is 58.4 Å². The van der Waals surface area contributed by atoms with Gasteiger partial charge in [-0.15, -0.1) is 0 Å². The Morgan fingerprint density at radius 1 is 0.969 bits per heavy atom. The number of carbonyl (C=O) groups is 1. The molecule has 2 aliphatic heterocycles. The molecule has 0 bridgehead atoms. The summed E-state index contributed by atoms with van der Waals surface area (Å²) < 4.78 is 0. The lowest BCUT2D eigenvalue weighted by Crippen LogP contribution is -2.47. The molecule has 32 heavy (non-hydrogen) atoms. The van der Waals surface area contributed by atoms with Gasteiger partial charge in [0.1, 0.15) is 0 Å². The van der Waals surface area contributed by atoms with E-state index in [1.54, 1.807) is 12.1 Å². The Kier molecular flexibility index (Phi) is 6.06. The van der Waals surface area contributed by atoms with Crippen molar-refractivity contribution in [2.45, 2.75) is 26.2 Å². The van der Waals surface area contributed by atoms with Crippen molar-refractivity contribution in [1.29, 1.82) is 0 Å². The third-order valence-electron chi connectivity index (χ3n) is 5.66. The molecule has 166 valence electrons. The van der Waals surface area contributed by atoms with Gasteiger partial charge in [-0.2, -0.15) is 4.99 Å². The van der Waals surface area contributed by atoms with E-state index in [-0.39, 0.29) is 17.0 Å². The van der Waals surface area contributed by atoms with Crippen LogP contribution in [0.2, 0.25) is 0 Å². The lowest BCUT2D eigenvalue weighted by atomic mass is 9.87. The van der Waals surface area contributed by atoms with Crippen molar-refractivity contribution in [3.05, 3.63) is 74.7 Å². The number of amidine groups is 1. The second-order valence-corrected chi connectivity index (χ2v) is 9.94. The Labute approximate surface area is 192 Å². The second kappa shape index (κ2) is 8.78. The summed E-state index contributed by atoms with van der Waals surface area (Å²) in [6.07, 6.45) is 1.91. The van der Waals surface area contributed by atoms with E-state index in [9.17, 15) is 14.9 Å². The smallest absolute Gasteiger partial charge is 0.286 e. The van der Waals surface area contributed by atoms with Crippen LogP contribution in [-0.4, -0.2) is 47.1 Å². The molecule has 8 heteroatoms. The minimum Gasteiger partial charge on any atom is -0.368 e. The van der Waals surface area contributed by atoms with Crippen molar-refractivity contribution < 1.29 is 9.72 Å². The van der Waals surface area contributed by atoms with E-state index in [0.717, 1.165) is 42.6 Å². The number of nitro groups is 1. The fourth-order valence-corrected chi connectivity index (χ4v) is 4.67. The first-order valence-corrected chi connectivity index (χ1v) is 11.4. The third kappa shape index (κ3) is 4.85. The molecule has 1 fully saturated rings. The van der Waals surface area contributed by atoms with Gasteiger partial charge in [-0.1, -0.05) is 45.0 Å². The molecule has 2 aromatic rings. The number of thioether (sulfide) groups is 1. The lowest BCUT2D eigenvalue weighted by Gasteiger charge is -2.36. The highest BCUT2D eigenvalue weighted by Gasteiger charge is 2.28. The molecule has 7 nitrogen and oxygen atoms in total. The standard InChI is InChI=1S/C24H26N4O3S/c1-24(2,3)18-6-4-17(5-7-18)16-21-22(29)25-23(32-21)27-14-12-26(13-15-27)19-8-10-20(11-9-19)28(30)31/h4-11,16H,12-15H2,1-3H3. The first kappa shape index (κ1) is 22.1. The van der Waals surface area contributed by atoms with Crippen LogP contribution in [0, 0.1) is 10.1 Å². The zero-order chi connectivity index (χ0) is 22.9. The maximum Gasteiger partial charge on any atom is 0.286 e. The lowest BCUT2D eigenvalue weighted by molar-refractivity contribution is -0.384. The Hall–Kier alpha value is -3.13. The SMILES string of the molecule is CC(C)(C)c1ccc(C=C2SC(N3CCN(c4ccc([N+](=O)[O-])cc4)CC3)=NC2=O)cc1. The van der Waals surface area contributed by atoms with Gasteiger partial charge in [0.05, 0.1) is 9.83 Å². The number of anilines is 1. The minimum atomic E-state index is -0.391. The van der Waals surface area contributed by atoms with Gasteiger partial charge in [0, 0.05) is 44.0 Å². The number of rotatable bonds is 3. The van der Waals surface area contributed by atoms with Crippen LogP contribution in [0.4, 0.5) is 11.4 Å². The molecule has 1 amide bonds. The number of amides is 1. The maximum atomic E-state index is 12.5. The zero-order valence-electron chi connectivity index (χ0n) is 18.4. The van der Waals surface area contributed by atoms with Crippen LogP contribution in [0.5, 0.6) is 0 Å². The molecule has 0 N–H and O–H groups in total. The predicted molar refractivity (Wildman–Crippen MR) is 130 cm³/mol. The number of piperazine rings is 1. The summed E-state index contributed by atoms with van der Waals surface area (Å²) in [6.45, 7) is 9.54. The summed E-state index contributed by atoms with van der Waals surface area (Å²) in [4.78, 5) is 32.2. The third-order valence-corrected chi connectivity index (χ3v) is 6.70. The van der Waals surface area contributed by atoms with Gasteiger partial charge in [-0.05, 0) is 46.5 Å². The van der Waals surface area contributed by atoms with E-state index in [0.29, 0.717) is 4.91 Å². The molecule has 0 aromatic heterocycles. The highest BCUT2D eigenvalue weighted by atomic mass is 32.2. The maximum absolute atomic E-state index is 12.5. The highest BCUT2D eigenvalue weighted by molar-refractivity contribution is 8.18. The number of aliphatic imine (C=N–C) groups is 1. The Morgan fingerprint density at radius 3 is 2.12 bits per heavy atom. The van der Waals surface area contributed by atoms with Gasteiger partial charge < -0.3 is 9.80 Å². The number of nitrogens with zero attached hydrogens (tertiary/aromatic N) is 4. The van der Waals surface area contributed by atoms with Gasteiger partial charge in [0.2, 0.25) is 0 Å². The van der Waals surface area contributed by atoms with Crippen molar-refractivity contribution in [1.82, 2.24) is 4.90 Å². The summed E-state index contributed by atoms with van der Waals surface area (Å²) in [5, 5.41) is 11.6. The Balaban J connectivity index is 1.37. The quantitative estimate of drug-likeness (QED) is 0.384. The number of carbonyl (C=O) groups excluding carboxylic acids is 1. The van der Waals surface area contributed by atoms with Gasteiger partial charge in [0.25, 0.3) is 11.6 Å². The summed E-state index contributed by atoms with van der Waals surface area (Å²) >= 11 is 1.43. The molecular formula is C24H26N4O3S. The summed E-state index contributed by atoms with van der Waals surface area (Å²) in [6, 6.07) is 14.9. The highest BCUT2D eigenvalue weighted by Crippen LogP contribution is 2.32. The molecule has 2 aromatic carbocycles. The Morgan fingerprint density at radius 2 is 1.56 bits per heavy atom. The van der Waals surface area contributed by atoms with E-state index in [4.69, 9.17) is 0 Å². The fraction of sp³-hybridized carbons (Fsp3) is 0.333. The van der Waals surface area contributed by atoms with Crippen molar-refractivity contribution in [2.75, 3.05) is 31.1 Å². The molecule has 0 unspecified atom stereocenters. The van der Waals surface area contributed by atoms with Gasteiger partial charge in [0.15, 0.2) is 5.17 Å². The summed E-state index contributed by atoms with van der Waals surface area (Å²) in [5.74, 6) is -0.192. The average molecular weight is 451 g/mol. The largest absolute Gasteiger partial charge is 0.368 e. The Bertz CT molecular complexity index is 1080. The number of non-ortho nitro benzene ring substituents is 1. The molecule has 0 atom stereocenters. The van der Waals surface area contributed by atoms with Crippen LogP contribution in [0.25, 0.3) is 6.08 Å². The molecule has 0 saturated carbocycles. The van der Waals surface area contributed by atoms with E-state index >= 15 is 0 Å². The summed E-state index contributed by atoms with van der Waals surface area (Å²) in [7, 11) is 0. The van der Waals surface area contributed by atoms with E-state index in [2.05, 4.69) is 47.7 Å². The van der Waals surface area contributed by atoms with Crippen LogP contribution in [0.3, 0.4) is 0 Å². The predicted octanol–water partition coefficient (Wildman–Crippen LogP) is 4.68. The number of hydrogen-bond donors (Lipinski definition) is 0. The van der Waals surface area contributed by atoms with Crippen LogP contribution >= 0.6 is 11.8 Å². The van der Waals surface area contributed by atoms with Gasteiger partial charge in [-0.25, -0.2) is 0 Å². The molecule has 1 saturated heterocycles. The van der Waals surface area contributed by atoms with Crippen LogP contribution < -0.4 is 4.90 Å².